The Morgan fingerprint density at radius 1 is 1.07 bits per heavy atom. The van der Waals surface area contributed by atoms with E-state index in [0.717, 1.165) is 15.4 Å². The molecule has 2 aromatic carbocycles. The molecule has 222 valence electrons. The minimum Gasteiger partial charge on any atom is -0.480 e. The zero-order valence-corrected chi connectivity index (χ0v) is 24.8. The Morgan fingerprint density at radius 2 is 1.76 bits per heavy atom. The van der Waals surface area contributed by atoms with Crippen molar-refractivity contribution in [3.63, 3.8) is 0 Å². The molecule has 0 saturated heterocycles. The van der Waals surface area contributed by atoms with Crippen molar-refractivity contribution in [1.29, 1.82) is 0 Å². The Morgan fingerprint density at radius 3 is 2.39 bits per heavy atom. The number of hydrogen-bond donors (Lipinski definition) is 3. The Hall–Kier alpha value is -3.54. The second-order valence-electron chi connectivity index (χ2n) is 10.8. The van der Waals surface area contributed by atoms with E-state index in [-0.39, 0.29) is 36.1 Å². The van der Waals surface area contributed by atoms with Gasteiger partial charge in [-0.25, -0.2) is 13.4 Å². The number of benzene rings is 2. The molecule has 11 heteroatoms. The van der Waals surface area contributed by atoms with Gasteiger partial charge in [0.2, 0.25) is 15.9 Å². The van der Waals surface area contributed by atoms with Gasteiger partial charge in [-0.15, -0.1) is 0 Å². The number of rotatable bonds is 16. The van der Waals surface area contributed by atoms with Gasteiger partial charge in [0.15, 0.2) is 0 Å². The third kappa shape index (κ3) is 9.51. The second kappa shape index (κ2) is 14.9. The van der Waals surface area contributed by atoms with Crippen LogP contribution in [0.3, 0.4) is 0 Å². The summed E-state index contributed by atoms with van der Waals surface area (Å²) in [4.78, 5) is 29.2. The number of sulfonamides is 1. The molecule has 0 aliphatic carbocycles. The lowest BCUT2D eigenvalue weighted by Crippen LogP contribution is -2.46. The van der Waals surface area contributed by atoms with Gasteiger partial charge in [0.1, 0.15) is 6.04 Å². The summed E-state index contributed by atoms with van der Waals surface area (Å²) < 4.78 is 29.8. The van der Waals surface area contributed by atoms with E-state index in [1.165, 1.54) is 12.1 Å². The molecule has 0 unspecified atom stereocenters. The van der Waals surface area contributed by atoms with Gasteiger partial charge in [0, 0.05) is 32.3 Å². The van der Waals surface area contributed by atoms with Gasteiger partial charge < -0.3 is 20.7 Å². The fraction of sp³-hybridized carbons (Fsp3) is 0.433. The molecule has 41 heavy (non-hydrogen) atoms. The highest BCUT2D eigenvalue weighted by molar-refractivity contribution is 7.89. The average Bonchev–Trinajstić information content (AvgIpc) is 3.36. The molecule has 1 aromatic heterocycles. The van der Waals surface area contributed by atoms with Crippen LogP contribution >= 0.6 is 0 Å². The number of carboxylic acids is 1. The van der Waals surface area contributed by atoms with Crippen LogP contribution < -0.4 is 11.1 Å². The number of aromatic nitrogens is 2. The van der Waals surface area contributed by atoms with E-state index in [9.17, 15) is 23.1 Å². The number of aliphatic carboxylic acids is 1. The molecule has 0 radical (unpaired) electrons. The highest BCUT2D eigenvalue weighted by Gasteiger charge is 2.36. The van der Waals surface area contributed by atoms with Crippen LogP contribution in [0.15, 0.2) is 72.0 Å². The summed E-state index contributed by atoms with van der Waals surface area (Å²) in [6.45, 7) is 6.62. The van der Waals surface area contributed by atoms with Crippen LogP contribution in [0.5, 0.6) is 0 Å². The van der Waals surface area contributed by atoms with Crippen LogP contribution in [0.4, 0.5) is 0 Å². The molecule has 0 spiro atoms. The van der Waals surface area contributed by atoms with E-state index < -0.39 is 28.1 Å². The van der Waals surface area contributed by atoms with Crippen molar-refractivity contribution in [3.05, 3.63) is 83.9 Å². The summed E-state index contributed by atoms with van der Waals surface area (Å²) in [7, 11) is -4.01. The number of carbonyl (C=O) groups excluding carboxylic acids is 1. The van der Waals surface area contributed by atoms with Crippen molar-refractivity contribution >= 4 is 21.9 Å². The number of amides is 1. The van der Waals surface area contributed by atoms with Gasteiger partial charge in [0.25, 0.3) is 0 Å². The first-order valence-electron chi connectivity index (χ1n) is 13.9. The number of unbranched alkanes of at least 4 members (excludes halogenated alkanes) is 1. The van der Waals surface area contributed by atoms with E-state index in [1.54, 1.807) is 18.5 Å². The van der Waals surface area contributed by atoms with Crippen LogP contribution in [0.2, 0.25) is 0 Å². The monoisotopic (exact) mass is 583 g/mol. The molecule has 0 fully saturated rings. The molecule has 0 aliphatic heterocycles. The Kier molecular flexibility index (Phi) is 11.6. The van der Waals surface area contributed by atoms with Crippen molar-refractivity contribution in [2.45, 2.75) is 70.0 Å². The normalized spacial score (nSPS) is 13.3. The van der Waals surface area contributed by atoms with Gasteiger partial charge in [-0.2, -0.15) is 4.31 Å². The standard InChI is InChI=1S/C30H41N5O5S/c1-22(2)18-35(41(39,40)26-14-12-23(3)13-15-26)28(30(37)38)11-7-8-16-32-29(36)27(31)17-25-20-34(21-33-25)19-24-9-5-4-6-10-24/h4-6,9-10,12-15,20-22,27-28H,7-8,11,16-19,31H2,1-3H3,(H,32,36)(H,37,38)/t27-,28-/m0/s1. The topological polar surface area (TPSA) is 148 Å². The highest BCUT2D eigenvalue weighted by Crippen LogP contribution is 2.23. The van der Waals surface area contributed by atoms with Crippen LogP contribution in [0.25, 0.3) is 0 Å². The van der Waals surface area contributed by atoms with Crippen molar-refractivity contribution in [2.75, 3.05) is 13.1 Å². The summed E-state index contributed by atoms with van der Waals surface area (Å²) in [5.74, 6) is -1.58. The first-order chi connectivity index (χ1) is 19.5. The summed E-state index contributed by atoms with van der Waals surface area (Å²) in [6.07, 6.45) is 4.89. The molecule has 1 amide bonds. The molecular formula is C30H41N5O5S. The molecule has 3 aromatic rings. The molecule has 0 bridgehead atoms. The maximum atomic E-state index is 13.4. The van der Waals surface area contributed by atoms with Gasteiger partial charge in [-0.05, 0) is 49.8 Å². The number of carboxylic acid groups (broad SMARTS) is 1. The SMILES string of the molecule is Cc1ccc(S(=O)(=O)N(CC(C)C)[C@@H](CCCCNC(=O)[C@@H](N)Cc2cn(Cc3ccccc3)cn2)C(=O)O)cc1. The predicted octanol–water partition coefficient (Wildman–Crippen LogP) is 3.20. The second-order valence-corrected chi connectivity index (χ2v) is 12.6. The van der Waals surface area contributed by atoms with Crippen LogP contribution in [-0.4, -0.2) is 64.4 Å². The van der Waals surface area contributed by atoms with E-state index in [2.05, 4.69) is 10.3 Å². The first kappa shape index (κ1) is 32.0. The van der Waals surface area contributed by atoms with Gasteiger partial charge in [-0.3, -0.25) is 9.59 Å². The molecule has 3 rings (SSSR count). The molecule has 10 nitrogen and oxygen atoms in total. The molecule has 4 N–H and O–H groups in total. The van der Waals surface area contributed by atoms with Crippen LogP contribution in [0.1, 0.15) is 49.9 Å². The molecule has 0 saturated carbocycles. The fourth-order valence-corrected chi connectivity index (χ4v) is 6.28. The van der Waals surface area contributed by atoms with E-state index >= 15 is 0 Å². The van der Waals surface area contributed by atoms with Crippen molar-refractivity contribution in [2.24, 2.45) is 11.7 Å². The quantitative estimate of drug-likeness (QED) is 0.219. The van der Waals surface area contributed by atoms with Gasteiger partial charge >= 0.3 is 5.97 Å². The number of nitrogens with two attached hydrogens (primary N) is 1. The van der Waals surface area contributed by atoms with E-state index in [1.807, 2.05) is 61.9 Å². The number of imidazole rings is 1. The third-order valence-electron chi connectivity index (χ3n) is 6.67. The van der Waals surface area contributed by atoms with Gasteiger partial charge in [0.05, 0.1) is 23.0 Å². The fourth-order valence-electron chi connectivity index (χ4n) is 4.50. The van der Waals surface area contributed by atoms with Crippen LogP contribution in [-0.2, 0) is 32.6 Å². The van der Waals surface area contributed by atoms with Crippen molar-refractivity contribution in [3.8, 4) is 0 Å². The zero-order valence-electron chi connectivity index (χ0n) is 23.9. The molecular weight excluding hydrogens is 542 g/mol. The number of carbonyl (C=O) groups is 2. The average molecular weight is 584 g/mol. The van der Waals surface area contributed by atoms with E-state index in [4.69, 9.17) is 5.73 Å². The predicted molar refractivity (Wildman–Crippen MR) is 158 cm³/mol. The smallest absolute Gasteiger partial charge is 0.322 e. The lowest BCUT2D eigenvalue weighted by molar-refractivity contribution is -0.142. The summed E-state index contributed by atoms with van der Waals surface area (Å²) in [6, 6.07) is 14.4. The molecule has 0 aliphatic rings. The van der Waals surface area contributed by atoms with E-state index in [0.29, 0.717) is 31.6 Å². The minimum absolute atomic E-state index is 0.0671. The number of nitrogens with zero attached hydrogens (tertiary/aromatic N) is 3. The number of nitrogens with one attached hydrogen (secondary N) is 1. The van der Waals surface area contributed by atoms with Crippen LogP contribution in [0, 0.1) is 12.8 Å². The molecule has 2 atom stereocenters. The van der Waals surface area contributed by atoms with Gasteiger partial charge in [-0.1, -0.05) is 61.9 Å². The Balaban J connectivity index is 1.50. The third-order valence-corrected chi connectivity index (χ3v) is 8.56. The Bertz CT molecular complexity index is 1370. The maximum Gasteiger partial charge on any atom is 0.322 e. The summed E-state index contributed by atoms with van der Waals surface area (Å²) >= 11 is 0. The summed E-state index contributed by atoms with van der Waals surface area (Å²) in [5, 5.41) is 12.8. The lowest BCUT2D eigenvalue weighted by atomic mass is 10.1. The first-order valence-corrected chi connectivity index (χ1v) is 15.3. The highest BCUT2D eigenvalue weighted by atomic mass is 32.2. The zero-order chi connectivity index (χ0) is 30.0. The Labute approximate surface area is 242 Å². The molecule has 1 heterocycles. The minimum atomic E-state index is -4.01. The maximum absolute atomic E-state index is 13.4. The number of hydrogen-bond acceptors (Lipinski definition) is 6. The summed E-state index contributed by atoms with van der Waals surface area (Å²) in [5.41, 5.74) is 8.87. The lowest BCUT2D eigenvalue weighted by Gasteiger charge is -2.29. The largest absolute Gasteiger partial charge is 0.480 e. The number of aryl methyl sites for hydroxylation is 1. The van der Waals surface area contributed by atoms with Crippen molar-refractivity contribution in [1.82, 2.24) is 19.2 Å². The van der Waals surface area contributed by atoms with Crippen molar-refractivity contribution < 1.29 is 23.1 Å².